The highest BCUT2D eigenvalue weighted by molar-refractivity contribution is 5.55. The molecule has 1 aliphatic rings. The molecule has 1 aromatic rings. The fourth-order valence-corrected chi connectivity index (χ4v) is 1.96. The summed E-state index contributed by atoms with van der Waals surface area (Å²) in [6.07, 6.45) is 1.40. The predicted molar refractivity (Wildman–Crippen MR) is 58.9 cm³/mol. The molecule has 8 nitrogen and oxygen atoms in total. The van der Waals surface area contributed by atoms with Crippen LogP contribution in [0, 0.1) is 10.1 Å². The Morgan fingerprint density at radius 2 is 2.53 bits per heavy atom. The van der Waals surface area contributed by atoms with E-state index in [0.29, 0.717) is 25.6 Å². The molecule has 0 aromatic carbocycles. The van der Waals surface area contributed by atoms with Crippen LogP contribution in [0.1, 0.15) is 0 Å². The van der Waals surface area contributed by atoms with Gasteiger partial charge in [0.25, 0.3) is 0 Å². The maximum Gasteiger partial charge on any atom is 0.406 e. The van der Waals surface area contributed by atoms with Gasteiger partial charge < -0.3 is 24.9 Å². The fourth-order valence-electron chi connectivity index (χ4n) is 1.96. The highest BCUT2D eigenvalue weighted by Crippen LogP contribution is 2.28. The van der Waals surface area contributed by atoms with Gasteiger partial charge in [-0.15, -0.1) is 0 Å². The van der Waals surface area contributed by atoms with Gasteiger partial charge in [-0.1, -0.05) is 0 Å². The molecule has 1 aromatic heterocycles. The lowest BCUT2D eigenvalue weighted by Crippen LogP contribution is -2.48. The van der Waals surface area contributed by atoms with Crippen LogP contribution in [0.5, 0.6) is 0 Å². The maximum absolute atomic E-state index is 10.9. The second kappa shape index (κ2) is 4.68. The van der Waals surface area contributed by atoms with Crippen molar-refractivity contribution in [3.63, 3.8) is 0 Å². The van der Waals surface area contributed by atoms with Crippen molar-refractivity contribution in [1.29, 1.82) is 0 Å². The van der Waals surface area contributed by atoms with E-state index in [1.807, 2.05) is 0 Å². The third kappa shape index (κ3) is 2.08. The number of nitrogens with zero attached hydrogens (tertiary/aromatic N) is 4. The van der Waals surface area contributed by atoms with Crippen LogP contribution in [0.2, 0.25) is 0 Å². The minimum atomic E-state index is -0.515. The van der Waals surface area contributed by atoms with E-state index in [1.54, 1.807) is 16.5 Å². The van der Waals surface area contributed by atoms with Gasteiger partial charge in [-0.3, -0.25) is 4.57 Å². The first-order valence-corrected chi connectivity index (χ1v) is 5.26. The first-order chi connectivity index (χ1) is 8.15. The molecule has 1 N–H and O–H groups in total. The number of hydrogen-bond acceptors (Lipinski definition) is 6. The number of imidazole rings is 1. The van der Waals surface area contributed by atoms with Crippen molar-refractivity contribution in [2.24, 2.45) is 7.05 Å². The van der Waals surface area contributed by atoms with Gasteiger partial charge in [-0.05, 0) is 9.91 Å². The second-order valence-electron chi connectivity index (χ2n) is 3.86. The summed E-state index contributed by atoms with van der Waals surface area (Å²) in [5, 5.41) is 20.1. The molecule has 17 heavy (non-hydrogen) atoms. The van der Waals surface area contributed by atoms with Crippen LogP contribution >= 0.6 is 0 Å². The minimum Gasteiger partial charge on any atom is -0.394 e. The van der Waals surface area contributed by atoms with Gasteiger partial charge in [0.15, 0.2) is 0 Å². The molecule has 8 heteroatoms. The van der Waals surface area contributed by atoms with E-state index in [4.69, 9.17) is 4.74 Å². The van der Waals surface area contributed by atoms with Crippen LogP contribution in [-0.2, 0) is 11.8 Å². The molecule has 94 valence electrons. The molecule has 1 atom stereocenters. The first kappa shape index (κ1) is 11.8. The van der Waals surface area contributed by atoms with Gasteiger partial charge in [0, 0.05) is 13.6 Å². The standard InChI is InChI=1S/C9H14N4O4/c1-11-6-10-8(13(15)16)9(11)12-2-3-17-5-7(12)4-14/h6-7,14H,2-5H2,1H3. The molecule has 2 rings (SSSR count). The van der Waals surface area contributed by atoms with Gasteiger partial charge in [0.05, 0.1) is 25.9 Å². The molecular formula is C9H14N4O4. The van der Waals surface area contributed by atoms with Gasteiger partial charge in [0.2, 0.25) is 12.1 Å². The fraction of sp³-hybridized carbons (Fsp3) is 0.667. The lowest BCUT2D eigenvalue weighted by Gasteiger charge is -2.35. The van der Waals surface area contributed by atoms with E-state index in [1.165, 1.54) is 6.33 Å². The van der Waals surface area contributed by atoms with E-state index in [9.17, 15) is 15.2 Å². The largest absolute Gasteiger partial charge is 0.406 e. The molecule has 0 saturated carbocycles. The number of aromatic nitrogens is 2. The summed E-state index contributed by atoms with van der Waals surface area (Å²) in [4.78, 5) is 15.9. The van der Waals surface area contributed by atoms with Gasteiger partial charge >= 0.3 is 5.82 Å². The summed E-state index contributed by atoms with van der Waals surface area (Å²) in [5.41, 5.74) is 0. The van der Waals surface area contributed by atoms with Gasteiger partial charge in [-0.25, -0.2) is 0 Å². The minimum absolute atomic E-state index is 0.109. The molecule has 1 fully saturated rings. The van der Waals surface area contributed by atoms with E-state index in [2.05, 4.69) is 4.98 Å². The molecule has 1 unspecified atom stereocenters. The average Bonchev–Trinajstić information content (AvgIpc) is 2.71. The number of aliphatic hydroxyl groups excluding tert-OH is 1. The molecule has 0 bridgehead atoms. The number of anilines is 1. The van der Waals surface area contributed by atoms with Crippen molar-refractivity contribution in [2.45, 2.75) is 6.04 Å². The highest BCUT2D eigenvalue weighted by Gasteiger charge is 2.32. The normalized spacial score (nSPS) is 20.6. The molecule has 1 saturated heterocycles. The highest BCUT2D eigenvalue weighted by atomic mass is 16.6. The van der Waals surface area contributed by atoms with Crippen LogP contribution < -0.4 is 4.90 Å². The van der Waals surface area contributed by atoms with Crippen LogP contribution in [0.25, 0.3) is 0 Å². The summed E-state index contributed by atoms with van der Waals surface area (Å²) in [6.45, 7) is 1.24. The average molecular weight is 242 g/mol. The van der Waals surface area contributed by atoms with Crippen molar-refractivity contribution in [3.05, 3.63) is 16.4 Å². The quantitative estimate of drug-likeness (QED) is 0.568. The van der Waals surface area contributed by atoms with E-state index < -0.39 is 4.92 Å². The number of ether oxygens (including phenoxy) is 1. The Labute approximate surface area is 97.6 Å². The summed E-state index contributed by atoms with van der Waals surface area (Å²) in [5.74, 6) is 0.227. The van der Waals surface area contributed by atoms with Crippen LogP contribution in [0.15, 0.2) is 6.33 Å². The van der Waals surface area contributed by atoms with Crippen molar-refractivity contribution in [2.75, 3.05) is 31.3 Å². The Bertz CT molecular complexity index is 419. The predicted octanol–water partition coefficient (Wildman–Crippen LogP) is -0.474. The number of rotatable bonds is 3. The van der Waals surface area contributed by atoms with E-state index >= 15 is 0 Å². The maximum atomic E-state index is 10.9. The topological polar surface area (TPSA) is 93.7 Å². The Balaban J connectivity index is 2.37. The first-order valence-electron chi connectivity index (χ1n) is 5.26. The molecule has 1 aliphatic heterocycles. The molecule has 0 radical (unpaired) electrons. The number of aryl methyl sites for hydroxylation is 1. The third-order valence-corrected chi connectivity index (χ3v) is 2.77. The van der Waals surface area contributed by atoms with Crippen molar-refractivity contribution in [3.8, 4) is 0 Å². The monoisotopic (exact) mass is 242 g/mol. The summed E-state index contributed by atoms with van der Waals surface area (Å²) in [7, 11) is 1.69. The Morgan fingerprint density at radius 1 is 1.76 bits per heavy atom. The zero-order valence-electron chi connectivity index (χ0n) is 9.44. The van der Waals surface area contributed by atoms with Crippen molar-refractivity contribution in [1.82, 2.24) is 9.55 Å². The van der Waals surface area contributed by atoms with Gasteiger partial charge in [0.1, 0.15) is 0 Å². The van der Waals surface area contributed by atoms with Crippen molar-refractivity contribution < 1.29 is 14.8 Å². The smallest absolute Gasteiger partial charge is 0.394 e. The Hall–Kier alpha value is -1.67. The summed E-state index contributed by atoms with van der Waals surface area (Å²) < 4.78 is 6.83. The zero-order valence-corrected chi connectivity index (χ0v) is 9.44. The second-order valence-corrected chi connectivity index (χ2v) is 3.86. The summed E-state index contributed by atoms with van der Waals surface area (Å²) >= 11 is 0. The Morgan fingerprint density at radius 3 is 3.18 bits per heavy atom. The molecular weight excluding hydrogens is 228 g/mol. The number of hydrogen-bond donors (Lipinski definition) is 1. The molecule has 0 amide bonds. The van der Waals surface area contributed by atoms with E-state index in [-0.39, 0.29) is 18.5 Å². The molecule has 0 spiro atoms. The SMILES string of the molecule is Cn1cnc([N+](=O)[O-])c1N1CCOCC1CO. The van der Waals surface area contributed by atoms with Crippen molar-refractivity contribution >= 4 is 11.6 Å². The Kier molecular flexibility index (Phi) is 3.25. The van der Waals surface area contributed by atoms with Crippen LogP contribution in [0.3, 0.4) is 0 Å². The number of nitro groups is 1. The summed E-state index contributed by atoms with van der Waals surface area (Å²) in [6, 6.07) is -0.266. The third-order valence-electron chi connectivity index (χ3n) is 2.77. The van der Waals surface area contributed by atoms with Gasteiger partial charge in [-0.2, -0.15) is 0 Å². The van der Waals surface area contributed by atoms with Crippen LogP contribution in [0.4, 0.5) is 11.6 Å². The number of aliphatic hydroxyl groups is 1. The lowest BCUT2D eigenvalue weighted by molar-refractivity contribution is -0.388. The molecule has 0 aliphatic carbocycles. The lowest BCUT2D eigenvalue weighted by atomic mass is 10.2. The number of morpholine rings is 1. The van der Waals surface area contributed by atoms with Crippen LogP contribution in [-0.4, -0.2) is 52.0 Å². The molecule has 2 heterocycles. The van der Waals surface area contributed by atoms with E-state index in [0.717, 1.165) is 0 Å². The zero-order chi connectivity index (χ0) is 12.4.